The summed E-state index contributed by atoms with van der Waals surface area (Å²) in [6, 6.07) is 0. The molecule has 0 saturated carbocycles. The first-order valence-electron chi connectivity index (χ1n) is 7.14. The van der Waals surface area contributed by atoms with E-state index < -0.39 is 0 Å². The lowest BCUT2D eigenvalue weighted by atomic mass is 9.69. The van der Waals surface area contributed by atoms with Gasteiger partial charge in [0.2, 0.25) is 0 Å². The molecule has 0 aromatic rings. The summed E-state index contributed by atoms with van der Waals surface area (Å²) < 4.78 is 0. The molecule has 0 fully saturated rings. The fraction of sp³-hybridized carbons (Fsp3) is 1.00. The summed E-state index contributed by atoms with van der Waals surface area (Å²) in [5, 5.41) is 0. The topological polar surface area (TPSA) is 0 Å². The maximum Gasteiger partial charge on any atom is -0.0300 e. The Bertz CT molecular complexity index is 139. The minimum Gasteiger partial charge on any atom is -0.0654 e. The van der Waals surface area contributed by atoms with Gasteiger partial charge in [0.15, 0.2) is 0 Å². The van der Waals surface area contributed by atoms with E-state index in [4.69, 9.17) is 0 Å². The van der Waals surface area contributed by atoms with E-state index in [1.165, 1.54) is 51.4 Å². The highest BCUT2D eigenvalue weighted by atomic mass is 14.3. The Morgan fingerprint density at radius 3 is 2.00 bits per heavy atom. The average molecular weight is 212 g/mol. The van der Waals surface area contributed by atoms with Crippen LogP contribution in [0.1, 0.15) is 86.0 Å². The number of rotatable bonds is 9. The van der Waals surface area contributed by atoms with Gasteiger partial charge in [-0.15, -0.1) is 0 Å². The third-order valence-electron chi connectivity index (χ3n) is 4.26. The number of hydrogen-bond donors (Lipinski definition) is 0. The van der Waals surface area contributed by atoms with Gasteiger partial charge in [-0.1, -0.05) is 73.1 Å². The van der Waals surface area contributed by atoms with Crippen LogP contribution in [0.4, 0.5) is 0 Å². The zero-order chi connectivity index (χ0) is 11.7. The van der Waals surface area contributed by atoms with Crippen molar-refractivity contribution in [1.29, 1.82) is 0 Å². The Morgan fingerprint density at radius 1 is 0.933 bits per heavy atom. The molecule has 0 bridgehead atoms. The predicted molar refractivity (Wildman–Crippen MR) is 71.2 cm³/mol. The summed E-state index contributed by atoms with van der Waals surface area (Å²) in [4.78, 5) is 0. The van der Waals surface area contributed by atoms with Gasteiger partial charge in [-0.25, -0.2) is 0 Å². The zero-order valence-electron chi connectivity index (χ0n) is 11.7. The lowest BCUT2D eigenvalue weighted by Crippen LogP contribution is -2.26. The normalized spacial score (nSPS) is 17.4. The monoisotopic (exact) mass is 212 g/mol. The molecule has 2 unspecified atom stereocenters. The van der Waals surface area contributed by atoms with Crippen molar-refractivity contribution in [2.24, 2.45) is 11.3 Å². The average Bonchev–Trinajstić information content (AvgIpc) is 2.24. The molecule has 0 spiro atoms. The maximum atomic E-state index is 2.51. The van der Waals surface area contributed by atoms with Crippen LogP contribution < -0.4 is 0 Å². The van der Waals surface area contributed by atoms with Gasteiger partial charge in [0.05, 0.1) is 0 Å². The third kappa shape index (κ3) is 5.04. The summed E-state index contributed by atoms with van der Waals surface area (Å²) in [7, 11) is 0. The van der Waals surface area contributed by atoms with E-state index in [0.29, 0.717) is 5.41 Å². The lowest BCUT2D eigenvalue weighted by molar-refractivity contribution is 0.141. The van der Waals surface area contributed by atoms with Crippen LogP contribution in [-0.2, 0) is 0 Å². The van der Waals surface area contributed by atoms with Gasteiger partial charge in [0.1, 0.15) is 0 Å². The molecule has 0 heteroatoms. The highest BCUT2D eigenvalue weighted by Crippen LogP contribution is 2.40. The van der Waals surface area contributed by atoms with Gasteiger partial charge in [-0.3, -0.25) is 0 Å². The largest absolute Gasteiger partial charge is 0.0654 e. The summed E-state index contributed by atoms with van der Waals surface area (Å²) in [5.41, 5.74) is 0.608. The molecule has 0 N–H and O–H groups in total. The van der Waals surface area contributed by atoms with E-state index in [-0.39, 0.29) is 0 Å². The van der Waals surface area contributed by atoms with E-state index in [9.17, 15) is 0 Å². The standard InChI is InChI=1S/C15H32/c1-6-10-11-12-14(8-3)15(5,9-4)13-7-2/h14H,6-13H2,1-5H3. The number of hydrogen-bond acceptors (Lipinski definition) is 0. The quantitative estimate of drug-likeness (QED) is 0.423. The maximum absolute atomic E-state index is 2.51. The number of unbranched alkanes of at least 4 members (excludes halogenated alkanes) is 2. The van der Waals surface area contributed by atoms with E-state index in [1.807, 2.05) is 0 Å². The Hall–Kier alpha value is 0. The van der Waals surface area contributed by atoms with E-state index in [2.05, 4.69) is 34.6 Å². The van der Waals surface area contributed by atoms with Crippen molar-refractivity contribution in [2.45, 2.75) is 86.0 Å². The summed E-state index contributed by atoms with van der Waals surface area (Å²) in [5.74, 6) is 0.953. The molecule has 0 aliphatic carbocycles. The molecule has 0 saturated heterocycles. The highest BCUT2D eigenvalue weighted by Gasteiger charge is 2.29. The summed E-state index contributed by atoms with van der Waals surface area (Å²) in [6.07, 6.45) is 11.1. The Labute approximate surface area is 97.8 Å². The highest BCUT2D eigenvalue weighted by molar-refractivity contribution is 4.80. The van der Waals surface area contributed by atoms with E-state index in [0.717, 1.165) is 5.92 Å². The van der Waals surface area contributed by atoms with Gasteiger partial charge >= 0.3 is 0 Å². The van der Waals surface area contributed by atoms with Gasteiger partial charge in [0, 0.05) is 0 Å². The molecular formula is C15H32. The van der Waals surface area contributed by atoms with Crippen molar-refractivity contribution in [3.8, 4) is 0 Å². The summed E-state index contributed by atoms with van der Waals surface area (Å²) >= 11 is 0. The van der Waals surface area contributed by atoms with Crippen molar-refractivity contribution >= 4 is 0 Å². The molecule has 2 atom stereocenters. The zero-order valence-corrected chi connectivity index (χ0v) is 11.7. The lowest BCUT2D eigenvalue weighted by Gasteiger charge is -2.37. The van der Waals surface area contributed by atoms with Crippen LogP contribution in [0.15, 0.2) is 0 Å². The smallest absolute Gasteiger partial charge is 0.0300 e. The molecule has 0 rings (SSSR count). The van der Waals surface area contributed by atoms with Crippen molar-refractivity contribution < 1.29 is 0 Å². The SMILES string of the molecule is CCCCCC(CC)C(C)(CC)CCC. The molecule has 0 radical (unpaired) electrons. The fourth-order valence-corrected chi connectivity index (χ4v) is 2.93. The molecule has 0 aromatic carbocycles. The van der Waals surface area contributed by atoms with Gasteiger partial charge in [-0.05, 0) is 24.2 Å². The second-order valence-electron chi connectivity index (χ2n) is 5.36. The Morgan fingerprint density at radius 2 is 1.60 bits per heavy atom. The second-order valence-corrected chi connectivity index (χ2v) is 5.36. The fourth-order valence-electron chi connectivity index (χ4n) is 2.93. The van der Waals surface area contributed by atoms with Crippen LogP contribution in [0.5, 0.6) is 0 Å². The van der Waals surface area contributed by atoms with Crippen LogP contribution in [0.25, 0.3) is 0 Å². The first-order valence-corrected chi connectivity index (χ1v) is 7.14. The molecule has 0 nitrogen and oxygen atoms in total. The van der Waals surface area contributed by atoms with E-state index in [1.54, 1.807) is 0 Å². The molecule has 0 aromatic heterocycles. The molecular weight excluding hydrogens is 180 g/mol. The van der Waals surface area contributed by atoms with Crippen LogP contribution >= 0.6 is 0 Å². The minimum absolute atomic E-state index is 0.608. The Balaban J connectivity index is 4.19. The van der Waals surface area contributed by atoms with Gasteiger partial charge < -0.3 is 0 Å². The van der Waals surface area contributed by atoms with E-state index >= 15 is 0 Å². The van der Waals surface area contributed by atoms with Crippen molar-refractivity contribution in [3.05, 3.63) is 0 Å². The first kappa shape index (κ1) is 15.0. The van der Waals surface area contributed by atoms with Crippen molar-refractivity contribution in [2.75, 3.05) is 0 Å². The van der Waals surface area contributed by atoms with Crippen LogP contribution in [0, 0.1) is 11.3 Å². The minimum atomic E-state index is 0.608. The molecule has 0 amide bonds. The first-order chi connectivity index (χ1) is 7.14. The molecule has 92 valence electrons. The van der Waals surface area contributed by atoms with Crippen LogP contribution in [0.2, 0.25) is 0 Å². The third-order valence-corrected chi connectivity index (χ3v) is 4.26. The molecule has 0 aliphatic rings. The Kier molecular flexibility index (Phi) is 8.19. The van der Waals surface area contributed by atoms with Gasteiger partial charge in [-0.2, -0.15) is 0 Å². The predicted octanol–water partition coefficient (Wildman–Crippen LogP) is 5.81. The molecule has 15 heavy (non-hydrogen) atoms. The molecule has 0 heterocycles. The molecule has 0 aliphatic heterocycles. The summed E-state index contributed by atoms with van der Waals surface area (Å²) in [6.45, 7) is 11.9. The van der Waals surface area contributed by atoms with Crippen molar-refractivity contribution in [1.82, 2.24) is 0 Å². The second kappa shape index (κ2) is 8.19. The van der Waals surface area contributed by atoms with Crippen LogP contribution in [-0.4, -0.2) is 0 Å². The van der Waals surface area contributed by atoms with Crippen LogP contribution in [0.3, 0.4) is 0 Å². The van der Waals surface area contributed by atoms with Gasteiger partial charge in [0.25, 0.3) is 0 Å². The van der Waals surface area contributed by atoms with Crippen molar-refractivity contribution in [3.63, 3.8) is 0 Å².